The summed E-state index contributed by atoms with van der Waals surface area (Å²) in [6, 6.07) is 13.8. The lowest BCUT2D eigenvalue weighted by Gasteiger charge is -2.12. The van der Waals surface area contributed by atoms with E-state index < -0.39 is 0 Å². The molecule has 0 bridgehead atoms. The highest BCUT2D eigenvalue weighted by Crippen LogP contribution is 2.25. The predicted octanol–water partition coefficient (Wildman–Crippen LogP) is 7.34. The topological polar surface area (TPSA) is 24.1 Å². The van der Waals surface area contributed by atoms with Gasteiger partial charge in [0.15, 0.2) is 0 Å². The van der Waals surface area contributed by atoms with Gasteiger partial charge >= 0.3 is 0 Å². The first-order valence-corrected chi connectivity index (χ1v) is 9.50. The molecule has 24 heavy (non-hydrogen) atoms. The van der Waals surface area contributed by atoms with Gasteiger partial charge in [-0.3, -0.25) is 5.43 Å². The van der Waals surface area contributed by atoms with E-state index in [0.29, 0.717) is 10.0 Å². The molecule has 0 atom stereocenters. The molecule has 2 aromatic carbocycles. The number of anilines is 2. The van der Waals surface area contributed by atoms with Crippen LogP contribution in [0.4, 0.5) is 11.4 Å². The second-order valence-electron chi connectivity index (χ2n) is 6.09. The standard InChI is InChI=1S/C20H26Cl2N2/c1-2-3-4-5-6-7-9-16-10-8-11-18(14-16)23-24-20-15-17(21)12-13-19(20)22/h8,10-15,23-24H,2-7,9H2,1H3. The summed E-state index contributed by atoms with van der Waals surface area (Å²) >= 11 is 12.2. The maximum Gasteiger partial charge on any atom is 0.0740 e. The summed E-state index contributed by atoms with van der Waals surface area (Å²) in [7, 11) is 0. The Hall–Kier alpha value is -1.38. The highest BCUT2D eigenvalue weighted by Gasteiger charge is 2.01. The van der Waals surface area contributed by atoms with Crippen molar-refractivity contribution in [2.24, 2.45) is 0 Å². The van der Waals surface area contributed by atoms with Gasteiger partial charge in [-0.05, 0) is 48.7 Å². The van der Waals surface area contributed by atoms with Crippen molar-refractivity contribution < 1.29 is 0 Å². The van der Waals surface area contributed by atoms with Gasteiger partial charge in [-0.15, -0.1) is 0 Å². The first kappa shape index (κ1) is 19.0. The summed E-state index contributed by atoms with van der Waals surface area (Å²) in [5.74, 6) is 0. The molecule has 0 aromatic heterocycles. The molecule has 2 N–H and O–H groups in total. The van der Waals surface area contributed by atoms with Crippen molar-refractivity contribution in [1.82, 2.24) is 0 Å². The minimum absolute atomic E-state index is 0.634. The first-order chi connectivity index (χ1) is 11.7. The SMILES string of the molecule is CCCCCCCCc1cccc(NNc2cc(Cl)ccc2Cl)c1. The molecule has 0 aliphatic heterocycles. The Morgan fingerprint density at radius 2 is 1.62 bits per heavy atom. The van der Waals surface area contributed by atoms with E-state index in [0.717, 1.165) is 17.8 Å². The van der Waals surface area contributed by atoms with E-state index in [1.165, 1.54) is 44.1 Å². The van der Waals surface area contributed by atoms with Crippen molar-refractivity contribution >= 4 is 34.6 Å². The number of nitrogens with one attached hydrogen (secondary N) is 2. The maximum atomic E-state index is 6.15. The normalized spacial score (nSPS) is 10.6. The second kappa shape index (κ2) is 10.5. The number of halogens is 2. The van der Waals surface area contributed by atoms with Crippen LogP contribution in [0, 0.1) is 0 Å². The van der Waals surface area contributed by atoms with Crippen molar-refractivity contribution in [3.63, 3.8) is 0 Å². The monoisotopic (exact) mass is 364 g/mol. The lowest BCUT2D eigenvalue weighted by Crippen LogP contribution is -2.09. The zero-order valence-corrected chi connectivity index (χ0v) is 15.8. The van der Waals surface area contributed by atoms with Crippen LogP contribution >= 0.6 is 23.2 Å². The molecule has 0 spiro atoms. The Labute approximate surface area is 155 Å². The van der Waals surface area contributed by atoms with Crippen molar-refractivity contribution in [2.75, 3.05) is 10.9 Å². The van der Waals surface area contributed by atoms with Gasteiger partial charge in [0, 0.05) is 5.02 Å². The van der Waals surface area contributed by atoms with Crippen LogP contribution in [0.2, 0.25) is 10.0 Å². The Kier molecular flexibility index (Phi) is 8.27. The Morgan fingerprint density at radius 3 is 2.46 bits per heavy atom. The average Bonchev–Trinajstić information content (AvgIpc) is 2.59. The average molecular weight is 365 g/mol. The van der Waals surface area contributed by atoms with E-state index in [9.17, 15) is 0 Å². The smallest absolute Gasteiger partial charge is 0.0740 e. The van der Waals surface area contributed by atoms with Crippen molar-refractivity contribution in [3.05, 3.63) is 58.1 Å². The molecule has 0 aliphatic carbocycles. The van der Waals surface area contributed by atoms with E-state index in [1.54, 1.807) is 18.2 Å². The molecule has 2 nitrogen and oxygen atoms in total. The van der Waals surface area contributed by atoms with E-state index >= 15 is 0 Å². The quantitative estimate of drug-likeness (QED) is 0.340. The molecular formula is C20H26Cl2N2. The molecule has 0 saturated carbocycles. The van der Waals surface area contributed by atoms with Crippen LogP contribution in [-0.4, -0.2) is 0 Å². The molecule has 2 rings (SSSR count). The lowest BCUT2D eigenvalue weighted by atomic mass is 10.0. The van der Waals surface area contributed by atoms with E-state index in [-0.39, 0.29) is 0 Å². The first-order valence-electron chi connectivity index (χ1n) is 8.75. The number of hydrogen-bond donors (Lipinski definition) is 2. The molecular weight excluding hydrogens is 339 g/mol. The van der Waals surface area contributed by atoms with Gasteiger partial charge in [-0.25, -0.2) is 0 Å². The van der Waals surface area contributed by atoms with Gasteiger partial charge in [-0.1, -0.05) is 74.4 Å². The molecule has 0 fully saturated rings. The summed E-state index contributed by atoms with van der Waals surface area (Å²) in [6.07, 6.45) is 9.06. The fourth-order valence-corrected chi connectivity index (χ4v) is 2.98. The second-order valence-corrected chi connectivity index (χ2v) is 6.94. The molecule has 0 heterocycles. The number of hydrogen-bond acceptors (Lipinski definition) is 2. The number of aryl methyl sites for hydroxylation is 1. The lowest BCUT2D eigenvalue weighted by molar-refractivity contribution is 0.607. The summed E-state index contributed by atoms with van der Waals surface area (Å²) in [5, 5.41) is 1.29. The van der Waals surface area contributed by atoms with Crippen LogP contribution in [-0.2, 0) is 6.42 Å². The van der Waals surface area contributed by atoms with Crippen molar-refractivity contribution in [3.8, 4) is 0 Å². The molecule has 0 amide bonds. The van der Waals surface area contributed by atoms with Gasteiger partial charge in [0.25, 0.3) is 0 Å². The van der Waals surface area contributed by atoms with Crippen LogP contribution in [0.25, 0.3) is 0 Å². The largest absolute Gasteiger partial charge is 0.301 e. The Bertz CT molecular complexity index is 629. The van der Waals surface area contributed by atoms with Crippen molar-refractivity contribution in [1.29, 1.82) is 0 Å². The minimum Gasteiger partial charge on any atom is -0.301 e. The number of benzene rings is 2. The highest BCUT2D eigenvalue weighted by molar-refractivity contribution is 6.35. The fourth-order valence-electron chi connectivity index (χ4n) is 2.65. The van der Waals surface area contributed by atoms with Crippen LogP contribution in [0.3, 0.4) is 0 Å². The Balaban J connectivity index is 1.81. The molecule has 4 heteroatoms. The van der Waals surface area contributed by atoms with Crippen molar-refractivity contribution in [2.45, 2.75) is 51.9 Å². The molecule has 0 radical (unpaired) electrons. The third kappa shape index (κ3) is 6.62. The van der Waals surface area contributed by atoms with E-state index in [1.807, 2.05) is 6.07 Å². The van der Waals surface area contributed by atoms with Gasteiger partial charge in [-0.2, -0.15) is 0 Å². The zero-order valence-electron chi connectivity index (χ0n) is 14.2. The Morgan fingerprint density at radius 1 is 0.833 bits per heavy atom. The van der Waals surface area contributed by atoms with Crippen LogP contribution < -0.4 is 10.9 Å². The molecule has 130 valence electrons. The summed E-state index contributed by atoms with van der Waals surface area (Å²) < 4.78 is 0. The van der Waals surface area contributed by atoms with Gasteiger partial charge < -0.3 is 5.43 Å². The van der Waals surface area contributed by atoms with E-state index in [2.05, 4.69) is 36.0 Å². The summed E-state index contributed by atoms with van der Waals surface area (Å²) in [6.45, 7) is 2.25. The molecule has 0 unspecified atom stereocenters. The minimum atomic E-state index is 0.634. The fraction of sp³-hybridized carbons (Fsp3) is 0.400. The number of hydrazine groups is 1. The predicted molar refractivity (Wildman–Crippen MR) is 107 cm³/mol. The van der Waals surface area contributed by atoms with Crippen LogP contribution in [0.5, 0.6) is 0 Å². The van der Waals surface area contributed by atoms with E-state index in [4.69, 9.17) is 23.2 Å². The van der Waals surface area contributed by atoms with Gasteiger partial charge in [0.2, 0.25) is 0 Å². The molecule has 0 saturated heterocycles. The summed E-state index contributed by atoms with van der Waals surface area (Å²) in [5.41, 5.74) is 9.46. The van der Waals surface area contributed by atoms with Crippen LogP contribution in [0.1, 0.15) is 51.0 Å². The van der Waals surface area contributed by atoms with Crippen LogP contribution in [0.15, 0.2) is 42.5 Å². The zero-order chi connectivity index (χ0) is 17.2. The number of unbranched alkanes of at least 4 members (excludes halogenated alkanes) is 5. The molecule has 0 aliphatic rings. The summed E-state index contributed by atoms with van der Waals surface area (Å²) in [4.78, 5) is 0. The van der Waals surface area contributed by atoms with Gasteiger partial charge in [0.05, 0.1) is 16.4 Å². The maximum absolute atomic E-state index is 6.15. The van der Waals surface area contributed by atoms with Gasteiger partial charge in [0.1, 0.15) is 0 Å². The third-order valence-corrected chi connectivity index (χ3v) is 4.58. The number of rotatable bonds is 10. The highest BCUT2D eigenvalue weighted by atomic mass is 35.5. The molecule has 2 aromatic rings. The third-order valence-electron chi connectivity index (χ3n) is 4.02.